The van der Waals surface area contributed by atoms with Gasteiger partial charge in [-0.05, 0) is 35.3 Å². The fourth-order valence-electron chi connectivity index (χ4n) is 1.92. The van der Waals surface area contributed by atoms with Crippen molar-refractivity contribution in [2.24, 2.45) is 0 Å². The highest BCUT2D eigenvalue weighted by Gasteiger charge is 2.15. The number of hydrogen-bond acceptors (Lipinski definition) is 4. The zero-order chi connectivity index (χ0) is 14.7. The molecule has 0 fully saturated rings. The second-order valence-corrected chi connectivity index (χ2v) is 5.26. The average Bonchev–Trinajstić information content (AvgIpc) is 2.46. The average molecular weight is 312 g/mol. The summed E-state index contributed by atoms with van der Waals surface area (Å²) in [5, 5.41) is 0.314. The summed E-state index contributed by atoms with van der Waals surface area (Å²) in [6.45, 7) is 0. The SMILES string of the molecule is COc1cccc(OC)c1-c1ccc(S(=O)[O-])cc1Cl. The zero-order valence-corrected chi connectivity index (χ0v) is 12.5. The third kappa shape index (κ3) is 2.80. The Labute approximate surface area is 124 Å². The van der Waals surface area contributed by atoms with E-state index >= 15 is 0 Å². The molecule has 0 aliphatic carbocycles. The molecule has 0 saturated carbocycles. The van der Waals surface area contributed by atoms with E-state index in [4.69, 9.17) is 21.1 Å². The van der Waals surface area contributed by atoms with Crippen molar-refractivity contribution in [3.63, 3.8) is 0 Å². The molecule has 1 atom stereocenters. The Balaban J connectivity index is 2.65. The second kappa shape index (κ2) is 6.26. The van der Waals surface area contributed by atoms with Gasteiger partial charge < -0.3 is 14.0 Å². The van der Waals surface area contributed by atoms with E-state index in [2.05, 4.69) is 0 Å². The van der Waals surface area contributed by atoms with Gasteiger partial charge in [-0.3, -0.25) is 4.21 Å². The second-order valence-electron chi connectivity index (χ2n) is 3.91. The number of halogens is 1. The molecule has 0 radical (unpaired) electrons. The van der Waals surface area contributed by atoms with Crippen LogP contribution < -0.4 is 9.47 Å². The monoisotopic (exact) mass is 311 g/mol. The normalized spacial score (nSPS) is 12.0. The van der Waals surface area contributed by atoms with Crippen molar-refractivity contribution in [3.8, 4) is 22.6 Å². The summed E-state index contributed by atoms with van der Waals surface area (Å²) in [5.41, 5.74) is 1.33. The van der Waals surface area contributed by atoms with E-state index in [0.717, 1.165) is 0 Å². The standard InChI is InChI=1S/C14H13ClO4S/c1-18-12-4-3-5-13(19-2)14(12)10-7-6-9(20(16)17)8-11(10)15/h3-8H,1-2H3,(H,16,17)/p-1. The van der Waals surface area contributed by atoms with Gasteiger partial charge in [-0.1, -0.05) is 23.7 Å². The minimum absolute atomic E-state index is 0.132. The lowest BCUT2D eigenvalue weighted by molar-refractivity contribution is 0.397. The Morgan fingerprint density at radius 1 is 1.10 bits per heavy atom. The van der Waals surface area contributed by atoms with E-state index in [0.29, 0.717) is 27.6 Å². The smallest absolute Gasteiger partial charge is 0.130 e. The van der Waals surface area contributed by atoms with E-state index in [9.17, 15) is 8.76 Å². The van der Waals surface area contributed by atoms with Crippen LogP contribution in [0, 0.1) is 0 Å². The van der Waals surface area contributed by atoms with Crippen LogP contribution in [-0.2, 0) is 11.1 Å². The third-order valence-corrected chi connectivity index (χ3v) is 3.78. The maximum Gasteiger partial charge on any atom is 0.130 e. The molecule has 2 aromatic rings. The molecule has 0 aliphatic heterocycles. The van der Waals surface area contributed by atoms with Gasteiger partial charge in [0.05, 0.1) is 19.8 Å². The highest BCUT2D eigenvalue weighted by Crippen LogP contribution is 2.41. The molecule has 1 unspecified atom stereocenters. The maximum atomic E-state index is 10.9. The Hall–Kier alpha value is -1.56. The van der Waals surface area contributed by atoms with Gasteiger partial charge >= 0.3 is 0 Å². The molecule has 106 valence electrons. The molecule has 0 amide bonds. The number of ether oxygens (including phenoxy) is 2. The molecular weight excluding hydrogens is 300 g/mol. The predicted molar refractivity (Wildman–Crippen MR) is 77.2 cm³/mol. The number of methoxy groups -OCH3 is 2. The van der Waals surface area contributed by atoms with Crippen LogP contribution in [0.25, 0.3) is 11.1 Å². The molecule has 0 bridgehead atoms. The van der Waals surface area contributed by atoms with Crippen molar-refractivity contribution in [1.82, 2.24) is 0 Å². The quantitative estimate of drug-likeness (QED) is 0.813. The zero-order valence-electron chi connectivity index (χ0n) is 10.9. The van der Waals surface area contributed by atoms with Crippen LogP contribution in [-0.4, -0.2) is 23.0 Å². The summed E-state index contributed by atoms with van der Waals surface area (Å²) in [6.07, 6.45) is 0. The van der Waals surface area contributed by atoms with Gasteiger partial charge in [-0.25, -0.2) is 0 Å². The Kier molecular flexibility index (Phi) is 4.65. The maximum absolute atomic E-state index is 10.9. The highest BCUT2D eigenvalue weighted by molar-refractivity contribution is 7.79. The van der Waals surface area contributed by atoms with Crippen molar-refractivity contribution in [1.29, 1.82) is 0 Å². The number of benzene rings is 2. The van der Waals surface area contributed by atoms with Crippen LogP contribution >= 0.6 is 11.6 Å². The molecular formula is C14H12ClO4S-. The largest absolute Gasteiger partial charge is 0.768 e. The summed E-state index contributed by atoms with van der Waals surface area (Å²) >= 11 is 3.87. The van der Waals surface area contributed by atoms with E-state index in [1.165, 1.54) is 12.1 Å². The number of rotatable bonds is 4. The van der Waals surface area contributed by atoms with Crippen LogP contribution in [0.5, 0.6) is 11.5 Å². The molecule has 0 aliphatic rings. The summed E-state index contributed by atoms with van der Waals surface area (Å²) in [4.78, 5) is 0.132. The summed E-state index contributed by atoms with van der Waals surface area (Å²) in [5.74, 6) is 1.20. The van der Waals surface area contributed by atoms with Crippen molar-refractivity contribution >= 4 is 22.7 Å². The third-order valence-electron chi connectivity index (χ3n) is 2.83. The lowest BCUT2D eigenvalue weighted by atomic mass is 10.0. The first-order valence-electron chi connectivity index (χ1n) is 5.68. The summed E-state index contributed by atoms with van der Waals surface area (Å²) < 4.78 is 32.5. The van der Waals surface area contributed by atoms with Gasteiger partial charge in [0, 0.05) is 15.5 Å². The van der Waals surface area contributed by atoms with Gasteiger partial charge in [-0.15, -0.1) is 0 Å². The lowest BCUT2D eigenvalue weighted by Gasteiger charge is -2.15. The Morgan fingerprint density at radius 2 is 1.70 bits per heavy atom. The topological polar surface area (TPSA) is 58.6 Å². The van der Waals surface area contributed by atoms with E-state index in [-0.39, 0.29) is 4.90 Å². The van der Waals surface area contributed by atoms with Gasteiger partial charge in [0.25, 0.3) is 0 Å². The van der Waals surface area contributed by atoms with E-state index in [1.807, 2.05) is 0 Å². The fourth-order valence-corrected chi connectivity index (χ4v) is 2.65. The van der Waals surface area contributed by atoms with E-state index in [1.54, 1.807) is 38.5 Å². The minimum Gasteiger partial charge on any atom is -0.768 e. The van der Waals surface area contributed by atoms with Crippen molar-refractivity contribution in [2.45, 2.75) is 4.90 Å². The molecule has 6 heteroatoms. The van der Waals surface area contributed by atoms with Crippen molar-refractivity contribution < 1.29 is 18.2 Å². The van der Waals surface area contributed by atoms with Gasteiger partial charge in [0.2, 0.25) is 0 Å². The molecule has 0 aromatic heterocycles. The fraction of sp³-hybridized carbons (Fsp3) is 0.143. The first-order valence-corrected chi connectivity index (χ1v) is 7.14. The molecule has 0 heterocycles. The predicted octanol–water partition coefficient (Wildman–Crippen LogP) is 3.26. The summed E-state index contributed by atoms with van der Waals surface area (Å²) in [7, 11) is 3.10. The molecule has 2 rings (SSSR count). The highest BCUT2D eigenvalue weighted by atomic mass is 35.5. The van der Waals surface area contributed by atoms with Crippen molar-refractivity contribution in [3.05, 3.63) is 41.4 Å². The Morgan fingerprint density at radius 3 is 2.15 bits per heavy atom. The molecule has 2 aromatic carbocycles. The van der Waals surface area contributed by atoms with Gasteiger partial charge in [0.1, 0.15) is 11.5 Å². The van der Waals surface area contributed by atoms with Crippen LogP contribution in [0.1, 0.15) is 0 Å². The Bertz CT molecular complexity index is 635. The van der Waals surface area contributed by atoms with Gasteiger partial charge in [-0.2, -0.15) is 0 Å². The molecule has 20 heavy (non-hydrogen) atoms. The van der Waals surface area contributed by atoms with Gasteiger partial charge in [0.15, 0.2) is 0 Å². The van der Waals surface area contributed by atoms with Crippen LogP contribution in [0.15, 0.2) is 41.3 Å². The van der Waals surface area contributed by atoms with Crippen LogP contribution in [0.2, 0.25) is 5.02 Å². The molecule has 0 saturated heterocycles. The summed E-state index contributed by atoms with van der Waals surface area (Å²) in [6, 6.07) is 9.88. The van der Waals surface area contributed by atoms with E-state index < -0.39 is 11.1 Å². The first kappa shape index (κ1) is 14.8. The minimum atomic E-state index is -2.32. The number of hydrogen-bond donors (Lipinski definition) is 0. The molecule has 0 spiro atoms. The van der Waals surface area contributed by atoms with Crippen molar-refractivity contribution in [2.75, 3.05) is 14.2 Å². The van der Waals surface area contributed by atoms with Crippen LogP contribution in [0.4, 0.5) is 0 Å². The molecule has 0 N–H and O–H groups in total. The first-order chi connectivity index (χ1) is 9.58. The van der Waals surface area contributed by atoms with Crippen LogP contribution in [0.3, 0.4) is 0 Å². The molecule has 4 nitrogen and oxygen atoms in total. The lowest BCUT2D eigenvalue weighted by Crippen LogP contribution is -1.95.